The van der Waals surface area contributed by atoms with Gasteiger partial charge in [0.2, 0.25) is 5.91 Å². The second-order valence-corrected chi connectivity index (χ2v) is 11.5. The van der Waals surface area contributed by atoms with Crippen LogP contribution in [0.1, 0.15) is 56.6 Å². The lowest BCUT2D eigenvalue weighted by Crippen LogP contribution is -2.45. The molecular weight excluding hydrogens is 558 g/mol. The van der Waals surface area contributed by atoms with Crippen LogP contribution in [0.4, 0.5) is 5.69 Å². The van der Waals surface area contributed by atoms with Crippen molar-refractivity contribution < 1.29 is 24.2 Å². The minimum Gasteiger partial charge on any atom is -0.506 e. The number of fused-ring (bicyclic) bond motifs is 1. The van der Waals surface area contributed by atoms with Crippen molar-refractivity contribution in [3.63, 3.8) is 0 Å². The van der Waals surface area contributed by atoms with Crippen LogP contribution in [0.15, 0.2) is 48.8 Å². The zero-order valence-corrected chi connectivity index (χ0v) is 25.7. The number of phenolic OH excluding ortho intramolecular Hbond substituents is 1. The number of imidazole rings is 1. The lowest BCUT2D eigenvalue weighted by Gasteiger charge is -2.34. The quantitative estimate of drug-likeness (QED) is 0.172. The molecule has 2 heterocycles. The Labute approximate surface area is 259 Å². The predicted octanol–water partition coefficient (Wildman–Crippen LogP) is 4.55. The second-order valence-electron chi connectivity index (χ2n) is 11.5. The van der Waals surface area contributed by atoms with Crippen molar-refractivity contribution in [2.75, 3.05) is 44.8 Å². The Morgan fingerprint density at radius 1 is 1.16 bits per heavy atom. The molecular formula is C34H45N5O5. The maximum atomic E-state index is 13.4. The molecule has 0 saturated heterocycles. The first-order valence-electron chi connectivity index (χ1n) is 16.0. The van der Waals surface area contributed by atoms with Gasteiger partial charge >= 0.3 is 0 Å². The van der Waals surface area contributed by atoms with Gasteiger partial charge in [0.25, 0.3) is 5.91 Å². The van der Waals surface area contributed by atoms with Gasteiger partial charge in [-0.1, -0.05) is 43.5 Å². The van der Waals surface area contributed by atoms with E-state index in [1.807, 2.05) is 18.5 Å². The number of hydrogen-bond donors (Lipinski definition) is 3. The molecule has 0 spiro atoms. The molecule has 0 atom stereocenters. The number of rotatable bonds is 15. The van der Waals surface area contributed by atoms with Crippen LogP contribution >= 0.6 is 0 Å². The third-order valence-corrected chi connectivity index (χ3v) is 8.50. The molecule has 1 fully saturated rings. The molecule has 3 N–H and O–H groups in total. The fourth-order valence-corrected chi connectivity index (χ4v) is 6.15. The molecule has 2 aliphatic rings. The maximum Gasteiger partial charge on any atom is 0.262 e. The van der Waals surface area contributed by atoms with Gasteiger partial charge in [-0.25, -0.2) is 4.98 Å². The summed E-state index contributed by atoms with van der Waals surface area (Å²) in [7, 11) is 0. The second kappa shape index (κ2) is 15.7. The molecule has 1 aromatic heterocycles. The van der Waals surface area contributed by atoms with Crippen molar-refractivity contribution in [3.8, 4) is 22.9 Å². The molecule has 0 radical (unpaired) electrons. The number of phenols is 1. The van der Waals surface area contributed by atoms with Gasteiger partial charge in [-0.2, -0.15) is 0 Å². The van der Waals surface area contributed by atoms with Crippen LogP contribution in [0.3, 0.4) is 0 Å². The zero-order valence-electron chi connectivity index (χ0n) is 25.7. The molecule has 44 heavy (non-hydrogen) atoms. The Hall–Kier alpha value is -3.89. The van der Waals surface area contributed by atoms with Crippen LogP contribution in [0.25, 0.3) is 11.4 Å². The summed E-state index contributed by atoms with van der Waals surface area (Å²) in [6, 6.07) is 12.1. The Kier molecular flexibility index (Phi) is 11.3. The van der Waals surface area contributed by atoms with Gasteiger partial charge in [0.1, 0.15) is 17.3 Å². The number of nitrogens with zero attached hydrogens (tertiary/aromatic N) is 3. The number of hydrogen-bond acceptors (Lipinski definition) is 7. The molecule has 1 aliphatic carbocycles. The van der Waals surface area contributed by atoms with Crippen LogP contribution in [0, 0.1) is 0 Å². The van der Waals surface area contributed by atoms with E-state index in [9.17, 15) is 14.7 Å². The number of ether oxygens (including phenoxy) is 2. The van der Waals surface area contributed by atoms with E-state index in [0.717, 1.165) is 42.8 Å². The number of benzene rings is 2. The van der Waals surface area contributed by atoms with Crippen LogP contribution in [0.5, 0.6) is 11.5 Å². The van der Waals surface area contributed by atoms with E-state index in [1.165, 1.54) is 24.8 Å². The largest absolute Gasteiger partial charge is 0.506 e. The SMILES string of the molecule is CCn1ccnc1-c1cccc(CCOCCC(=O)N(CCNCCc2ccc(O)c3c2OCC(=O)N3)C2CCCCC2)c1. The summed E-state index contributed by atoms with van der Waals surface area (Å²) in [5.41, 5.74) is 3.55. The number of carbonyl (C=O) groups is 2. The number of anilines is 1. The van der Waals surface area contributed by atoms with Gasteiger partial charge in [0, 0.05) is 43.6 Å². The Morgan fingerprint density at radius 3 is 2.86 bits per heavy atom. The standard InChI is InChI=1S/C34H45N5O5/c1-2-38-19-18-36-34(38)27-8-6-7-25(23-27)14-21-43-22-15-31(42)39(28-9-4-3-5-10-28)20-17-35-16-13-26-11-12-29(40)32-33(26)44-24-30(41)37-32/h6-8,11-12,18-19,23,28,35,40H,2-5,9-10,13-17,20-22,24H2,1H3,(H,37,41). The smallest absolute Gasteiger partial charge is 0.262 e. The third kappa shape index (κ3) is 8.18. The number of aromatic hydroxyl groups is 1. The van der Waals surface area contributed by atoms with E-state index in [-0.39, 0.29) is 30.2 Å². The number of aromatic nitrogens is 2. The minimum atomic E-state index is -0.275. The van der Waals surface area contributed by atoms with E-state index in [2.05, 4.69) is 56.3 Å². The van der Waals surface area contributed by atoms with Crippen molar-refractivity contribution in [1.29, 1.82) is 0 Å². The zero-order chi connectivity index (χ0) is 30.7. The Balaban J connectivity index is 1.06. The fraction of sp³-hybridized carbons (Fsp3) is 0.500. The van der Waals surface area contributed by atoms with Crippen molar-refractivity contribution in [1.82, 2.24) is 19.8 Å². The first-order chi connectivity index (χ1) is 21.5. The summed E-state index contributed by atoms with van der Waals surface area (Å²) in [4.78, 5) is 31.6. The fourth-order valence-electron chi connectivity index (χ4n) is 6.15. The summed E-state index contributed by atoms with van der Waals surface area (Å²) in [5, 5.41) is 16.2. The van der Waals surface area contributed by atoms with E-state index in [0.29, 0.717) is 57.1 Å². The van der Waals surface area contributed by atoms with Crippen molar-refractivity contribution in [3.05, 3.63) is 59.9 Å². The molecule has 0 unspecified atom stereocenters. The highest BCUT2D eigenvalue weighted by Gasteiger charge is 2.25. The Bertz CT molecular complexity index is 1400. The van der Waals surface area contributed by atoms with Crippen LogP contribution < -0.4 is 15.4 Å². The van der Waals surface area contributed by atoms with E-state index in [4.69, 9.17) is 9.47 Å². The number of aryl methyl sites for hydroxylation is 1. The molecule has 1 saturated carbocycles. The van der Waals surface area contributed by atoms with E-state index < -0.39 is 0 Å². The summed E-state index contributed by atoms with van der Waals surface area (Å²) >= 11 is 0. The molecule has 2 aromatic carbocycles. The van der Waals surface area contributed by atoms with Gasteiger partial charge in [-0.05, 0) is 62.4 Å². The van der Waals surface area contributed by atoms with Crippen LogP contribution in [-0.4, -0.2) is 76.9 Å². The van der Waals surface area contributed by atoms with Crippen molar-refractivity contribution in [2.45, 2.75) is 70.9 Å². The Morgan fingerprint density at radius 2 is 2.02 bits per heavy atom. The first kappa shape index (κ1) is 31.5. The average molecular weight is 604 g/mol. The lowest BCUT2D eigenvalue weighted by atomic mass is 9.94. The summed E-state index contributed by atoms with van der Waals surface area (Å²) < 4.78 is 13.7. The molecule has 236 valence electrons. The highest BCUT2D eigenvalue weighted by molar-refractivity contribution is 5.97. The maximum absolute atomic E-state index is 13.4. The van der Waals surface area contributed by atoms with Gasteiger partial charge in [0.05, 0.1) is 19.6 Å². The first-order valence-corrected chi connectivity index (χ1v) is 16.0. The van der Waals surface area contributed by atoms with Crippen molar-refractivity contribution >= 4 is 17.5 Å². The molecule has 0 bridgehead atoms. The topological polar surface area (TPSA) is 118 Å². The molecule has 2 amide bonds. The summed E-state index contributed by atoms with van der Waals surface area (Å²) in [6.45, 7) is 5.95. The van der Waals surface area contributed by atoms with Crippen molar-refractivity contribution in [2.24, 2.45) is 0 Å². The molecule has 5 rings (SSSR count). The summed E-state index contributed by atoms with van der Waals surface area (Å²) in [5.74, 6) is 1.38. The van der Waals surface area contributed by atoms with Gasteiger partial charge in [-0.15, -0.1) is 0 Å². The van der Waals surface area contributed by atoms with E-state index in [1.54, 1.807) is 6.07 Å². The number of carbonyl (C=O) groups excluding carboxylic acids is 2. The van der Waals surface area contributed by atoms with Gasteiger partial charge < -0.3 is 34.7 Å². The van der Waals surface area contributed by atoms with E-state index >= 15 is 0 Å². The highest BCUT2D eigenvalue weighted by atomic mass is 16.5. The van der Waals surface area contributed by atoms with Crippen LogP contribution in [0.2, 0.25) is 0 Å². The lowest BCUT2D eigenvalue weighted by molar-refractivity contribution is -0.135. The average Bonchev–Trinajstić information content (AvgIpc) is 3.53. The van der Waals surface area contributed by atoms with Crippen LogP contribution in [-0.2, 0) is 33.7 Å². The summed E-state index contributed by atoms with van der Waals surface area (Å²) in [6.07, 6.45) is 11.4. The molecule has 1 aliphatic heterocycles. The molecule has 10 heteroatoms. The normalized spacial score (nSPS) is 15.0. The number of amides is 2. The molecule has 10 nitrogen and oxygen atoms in total. The third-order valence-electron chi connectivity index (χ3n) is 8.50. The highest BCUT2D eigenvalue weighted by Crippen LogP contribution is 2.39. The molecule has 3 aromatic rings. The predicted molar refractivity (Wildman–Crippen MR) is 170 cm³/mol. The minimum absolute atomic E-state index is 0.000519. The monoisotopic (exact) mass is 603 g/mol. The number of nitrogens with one attached hydrogen (secondary N) is 2. The van der Waals surface area contributed by atoms with Gasteiger partial charge in [0.15, 0.2) is 12.4 Å². The van der Waals surface area contributed by atoms with Gasteiger partial charge in [-0.3, -0.25) is 9.59 Å².